The van der Waals surface area contributed by atoms with Crippen LogP contribution in [0, 0.1) is 6.92 Å². The van der Waals surface area contributed by atoms with Crippen LogP contribution >= 0.6 is 0 Å². The molecule has 1 aromatic carbocycles. The van der Waals surface area contributed by atoms with Gasteiger partial charge in [0, 0.05) is 11.4 Å². The van der Waals surface area contributed by atoms with Gasteiger partial charge < -0.3 is 19.9 Å². The van der Waals surface area contributed by atoms with E-state index in [1.165, 1.54) is 12.1 Å². The average molecular weight is 367 g/mol. The van der Waals surface area contributed by atoms with Crippen LogP contribution < -0.4 is 10.9 Å². The number of carbonyl (C=O) groups excluding carboxylic acids is 1. The number of hydrogen-bond acceptors (Lipinski definition) is 7. The monoisotopic (exact) mass is 367 g/mol. The van der Waals surface area contributed by atoms with E-state index in [4.69, 9.17) is 4.42 Å². The molecule has 9 heteroatoms. The van der Waals surface area contributed by atoms with Crippen LogP contribution in [0.4, 0.5) is 0 Å². The van der Waals surface area contributed by atoms with Gasteiger partial charge in [-0.2, -0.15) is 0 Å². The van der Waals surface area contributed by atoms with E-state index in [2.05, 4.69) is 5.32 Å². The number of aromatic hydroxyl groups is 2. The zero-order chi connectivity index (χ0) is 18.4. The second-order valence-corrected chi connectivity index (χ2v) is 8.38. The van der Waals surface area contributed by atoms with Crippen molar-refractivity contribution in [1.82, 2.24) is 5.32 Å². The van der Waals surface area contributed by atoms with Gasteiger partial charge in [0.1, 0.15) is 0 Å². The fraction of sp³-hybridized carbons (Fsp3) is 0.375. The average Bonchev–Trinajstić information content (AvgIpc) is 2.86. The molecule has 25 heavy (non-hydrogen) atoms. The highest BCUT2D eigenvalue weighted by Gasteiger charge is 2.29. The van der Waals surface area contributed by atoms with Crippen molar-refractivity contribution in [3.63, 3.8) is 0 Å². The van der Waals surface area contributed by atoms with Crippen LogP contribution in [0.5, 0.6) is 11.5 Å². The number of carbonyl (C=O) groups is 1. The highest BCUT2D eigenvalue weighted by Crippen LogP contribution is 2.34. The third-order valence-corrected chi connectivity index (χ3v) is 6.11. The maximum absolute atomic E-state index is 12.2. The predicted octanol–water partition coefficient (Wildman–Crippen LogP) is 0.358. The Bertz CT molecular complexity index is 1020. The molecule has 1 fully saturated rings. The molecule has 134 valence electrons. The van der Waals surface area contributed by atoms with Crippen molar-refractivity contribution in [2.24, 2.45) is 0 Å². The number of sulfone groups is 1. The van der Waals surface area contributed by atoms with Crippen LogP contribution in [0.15, 0.2) is 21.3 Å². The van der Waals surface area contributed by atoms with Crippen molar-refractivity contribution in [3.05, 3.63) is 33.7 Å². The normalized spacial score (nSPS) is 19.2. The molecular formula is C16H17NO7S. The van der Waals surface area contributed by atoms with Gasteiger partial charge in [-0.05, 0) is 31.0 Å². The fourth-order valence-corrected chi connectivity index (χ4v) is 4.66. The molecule has 1 saturated heterocycles. The third kappa shape index (κ3) is 3.32. The third-order valence-electron chi connectivity index (χ3n) is 4.34. The molecule has 1 aromatic heterocycles. The number of nitrogens with one attached hydrogen (secondary N) is 1. The molecule has 0 bridgehead atoms. The Balaban J connectivity index is 1.88. The Morgan fingerprint density at radius 2 is 2.08 bits per heavy atom. The Morgan fingerprint density at radius 1 is 1.36 bits per heavy atom. The SMILES string of the molecule is Cc1c(CC(=O)N[C@H]2CCS(=O)(=O)C2)c(=O)oc2c(O)c(O)ccc12. The summed E-state index contributed by atoms with van der Waals surface area (Å²) in [5.41, 5.74) is -0.361. The van der Waals surface area contributed by atoms with E-state index >= 15 is 0 Å². The zero-order valence-corrected chi connectivity index (χ0v) is 14.2. The first-order valence-corrected chi connectivity index (χ1v) is 9.47. The van der Waals surface area contributed by atoms with Crippen LogP contribution in [0.3, 0.4) is 0 Å². The van der Waals surface area contributed by atoms with Crippen LogP contribution in [0.25, 0.3) is 11.0 Å². The molecule has 1 atom stereocenters. The smallest absolute Gasteiger partial charge is 0.340 e. The highest BCUT2D eigenvalue weighted by molar-refractivity contribution is 7.91. The minimum atomic E-state index is -3.11. The Labute approximate surface area is 143 Å². The molecule has 8 nitrogen and oxygen atoms in total. The van der Waals surface area contributed by atoms with Gasteiger partial charge >= 0.3 is 5.63 Å². The lowest BCUT2D eigenvalue weighted by molar-refractivity contribution is -0.121. The quantitative estimate of drug-likeness (QED) is 0.527. The summed E-state index contributed by atoms with van der Waals surface area (Å²) in [4.78, 5) is 24.3. The van der Waals surface area contributed by atoms with E-state index in [0.29, 0.717) is 17.4 Å². The molecule has 2 heterocycles. The van der Waals surface area contributed by atoms with Gasteiger partial charge in [-0.25, -0.2) is 13.2 Å². The largest absolute Gasteiger partial charge is 0.504 e. The summed E-state index contributed by atoms with van der Waals surface area (Å²) in [5, 5.41) is 22.3. The lowest BCUT2D eigenvalue weighted by Gasteiger charge is -2.12. The molecule has 0 aliphatic carbocycles. The summed E-state index contributed by atoms with van der Waals surface area (Å²) in [5.74, 6) is -1.48. The van der Waals surface area contributed by atoms with E-state index in [0.717, 1.165) is 0 Å². The van der Waals surface area contributed by atoms with Crippen molar-refractivity contribution < 1.29 is 27.8 Å². The number of fused-ring (bicyclic) bond motifs is 1. The Kier molecular flexibility index (Phi) is 4.19. The number of phenolic OH excluding ortho intramolecular Hbond substituents is 2. The number of phenols is 2. The molecule has 2 aromatic rings. The second kappa shape index (κ2) is 6.07. The molecule has 1 aliphatic heterocycles. The molecule has 3 rings (SSSR count). The van der Waals surface area contributed by atoms with Crippen molar-refractivity contribution in [2.75, 3.05) is 11.5 Å². The summed E-state index contributed by atoms with van der Waals surface area (Å²) in [6, 6.07) is 2.29. The van der Waals surface area contributed by atoms with E-state index in [1.807, 2.05) is 0 Å². The van der Waals surface area contributed by atoms with E-state index in [9.17, 15) is 28.2 Å². The van der Waals surface area contributed by atoms with Gasteiger partial charge in [0.25, 0.3) is 0 Å². The summed E-state index contributed by atoms with van der Waals surface area (Å²) in [7, 11) is -3.11. The first kappa shape index (κ1) is 17.3. The van der Waals surface area contributed by atoms with Crippen LogP contribution in [0.2, 0.25) is 0 Å². The number of hydrogen-bond donors (Lipinski definition) is 3. The maximum Gasteiger partial charge on any atom is 0.340 e. The molecular weight excluding hydrogens is 350 g/mol. The second-order valence-electron chi connectivity index (χ2n) is 6.15. The molecule has 1 amide bonds. The summed E-state index contributed by atoms with van der Waals surface area (Å²) in [6.45, 7) is 1.61. The molecule has 0 unspecified atom stereocenters. The minimum Gasteiger partial charge on any atom is -0.504 e. The van der Waals surface area contributed by atoms with E-state index in [-0.39, 0.29) is 29.1 Å². The minimum absolute atomic E-state index is 0.0395. The van der Waals surface area contributed by atoms with Crippen molar-refractivity contribution in [3.8, 4) is 11.5 Å². The molecule has 1 aliphatic rings. The summed E-state index contributed by atoms with van der Waals surface area (Å²) >= 11 is 0. The standard InChI is InChI=1S/C16H17NO7S/c1-8-10-2-3-12(18)14(20)15(10)24-16(21)11(8)6-13(19)17-9-4-5-25(22,23)7-9/h2-3,9,18,20H,4-7H2,1H3,(H,17,19)/t9-/m0/s1. The Morgan fingerprint density at radius 3 is 2.72 bits per heavy atom. The van der Waals surface area contributed by atoms with E-state index < -0.39 is 38.9 Å². The first-order chi connectivity index (χ1) is 11.7. The van der Waals surface area contributed by atoms with Crippen LogP contribution in [-0.4, -0.2) is 42.1 Å². The van der Waals surface area contributed by atoms with Gasteiger partial charge in [-0.1, -0.05) is 0 Å². The van der Waals surface area contributed by atoms with Crippen molar-refractivity contribution >= 4 is 26.7 Å². The molecule has 0 radical (unpaired) electrons. The highest BCUT2D eigenvalue weighted by atomic mass is 32.2. The van der Waals surface area contributed by atoms with Crippen molar-refractivity contribution in [1.29, 1.82) is 0 Å². The number of amides is 1. The van der Waals surface area contributed by atoms with Gasteiger partial charge in [-0.15, -0.1) is 0 Å². The Hall–Kier alpha value is -2.55. The van der Waals surface area contributed by atoms with Gasteiger partial charge in [0.05, 0.1) is 23.5 Å². The number of aryl methyl sites for hydroxylation is 1. The predicted molar refractivity (Wildman–Crippen MR) is 89.5 cm³/mol. The first-order valence-electron chi connectivity index (χ1n) is 7.65. The number of benzene rings is 1. The van der Waals surface area contributed by atoms with E-state index in [1.54, 1.807) is 6.92 Å². The van der Waals surface area contributed by atoms with Crippen LogP contribution in [-0.2, 0) is 21.1 Å². The molecule has 0 saturated carbocycles. The van der Waals surface area contributed by atoms with Crippen molar-refractivity contribution in [2.45, 2.75) is 25.8 Å². The summed E-state index contributed by atoms with van der Waals surface area (Å²) in [6.07, 6.45) is 0.0921. The van der Waals surface area contributed by atoms with Gasteiger partial charge in [-0.3, -0.25) is 4.79 Å². The molecule has 3 N–H and O–H groups in total. The van der Waals surface area contributed by atoms with Gasteiger partial charge in [0.2, 0.25) is 11.7 Å². The lowest BCUT2D eigenvalue weighted by Crippen LogP contribution is -2.37. The summed E-state index contributed by atoms with van der Waals surface area (Å²) < 4.78 is 27.9. The zero-order valence-electron chi connectivity index (χ0n) is 13.4. The molecule has 0 spiro atoms. The lowest BCUT2D eigenvalue weighted by atomic mass is 10.0. The van der Waals surface area contributed by atoms with Gasteiger partial charge in [0.15, 0.2) is 21.2 Å². The van der Waals surface area contributed by atoms with Crippen LogP contribution in [0.1, 0.15) is 17.5 Å². The number of rotatable bonds is 3. The maximum atomic E-state index is 12.2. The fourth-order valence-electron chi connectivity index (χ4n) is 2.98. The topological polar surface area (TPSA) is 134 Å².